The lowest BCUT2D eigenvalue weighted by molar-refractivity contribution is -0.252. The van der Waals surface area contributed by atoms with Crippen LogP contribution in [0.3, 0.4) is 0 Å². The third-order valence-electron chi connectivity index (χ3n) is 4.54. The number of carbonyl (C=O) groups is 2. The second-order valence-corrected chi connectivity index (χ2v) is 6.86. The summed E-state index contributed by atoms with van der Waals surface area (Å²) in [6.07, 6.45) is -0.357. The molecule has 0 saturated carbocycles. The lowest BCUT2D eigenvalue weighted by atomic mass is 9.88. The van der Waals surface area contributed by atoms with Crippen molar-refractivity contribution in [1.29, 1.82) is 0 Å². The molecule has 0 spiro atoms. The maximum absolute atomic E-state index is 11.9. The molecule has 23 heavy (non-hydrogen) atoms. The highest BCUT2D eigenvalue weighted by atomic mass is 16.7. The number of rotatable bonds is 7. The lowest BCUT2D eigenvalue weighted by Gasteiger charge is -2.38. The van der Waals surface area contributed by atoms with Crippen LogP contribution in [0, 0.1) is 17.3 Å². The van der Waals surface area contributed by atoms with Gasteiger partial charge in [0.15, 0.2) is 12.4 Å². The predicted molar refractivity (Wildman–Crippen MR) is 84.6 cm³/mol. The molecule has 134 valence electrons. The quantitative estimate of drug-likeness (QED) is 0.528. The summed E-state index contributed by atoms with van der Waals surface area (Å²) in [7, 11) is 0. The summed E-state index contributed by atoms with van der Waals surface area (Å²) in [6.45, 7) is 12.0. The lowest BCUT2D eigenvalue weighted by Crippen LogP contribution is -2.48. The molecule has 0 N–H and O–H groups in total. The van der Waals surface area contributed by atoms with Gasteiger partial charge in [-0.05, 0) is 26.2 Å². The maximum atomic E-state index is 11.9. The van der Waals surface area contributed by atoms with E-state index in [0.29, 0.717) is 13.0 Å². The molecule has 0 aromatic rings. The van der Waals surface area contributed by atoms with Crippen molar-refractivity contribution in [2.45, 2.75) is 60.4 Å². The van der Waals surface area contributed by atoms with Crippen molar-refractivity contribution < 1.29 is 28.5 Å². The summed E-state index contributed by atoms with van der Waals surface area (Å²) >= 11 is 0. The maximum Gasteiger partial charge on any atom is 0.311 e. The Morgan fingerprint density at radius 1 is 1.22 bits per heavy atom. The minimum Gasteiger partial charge on any atom is -0.463 e. The Labute approximate surface area is 138 Å². The molecule has 1 fully saturated rings. The molecule has 0 aromatic carbocycles. The Kier molecular flexibility index (Phi) is 7.48. The van der Waals surface area contributed by atoms with Crippen molar-refractivity contribution in [3.05, 3.63) is 0 Å². The molecule has 0 aromatic heterocycles. The summed E-state index contributed by atoms with van der Waals surface area (Å²) in [5.74, 6) is -0.183. The number of ether oxygens (including phenoxy) is 4. The highest BCUT2D eigenvalue weighted by molar-refractivity contribution is 5.75. The zero-order valence-electron chi connectivity index (χ0n) is 15.1. The average molecular weight is 330 g/mol. The smallest absolute Gasteiger partial charge is 0.311 e. The molecule has 1 saturated heterocycles. The number of hydrogen-bond acceptors (Lipinski definition) is 6. The van der Waals surface area contributed by atoms with E-state index in [2.05, 4.69) is 0 Å². The minimum absolute atomic E-state index is 0.138. The van der Waals surface area contributed by atoms with Gasteiger partial charge in [-0.2, -0.15) is 0 Å². The van der Waals surface area contributed by atoms with Crippen LogP contribution in [0.2, 0.25) is 0 Å². The molecule has 4 unspecified atom stereocenters. The summed E-state index contributed by atoms with van der Waals surface area (Å²) < 4.78 is 21.8. The van der Waals surface area contributed by atoms with E-state index in [1.165, 1.54) is 6.92 Å². The summed E-state index contributed by atoms with van der Waals surface area (Å²) in [5, 5.41) is 0. The van der Waals surface area contributed by atoms with Crippen LogP contribution in [-0.2, 0) is 28.5 Å². The number of carbonyl (C=O) groups excluding carboxylic acids is 2. The first-order valence-corrected chi connectivity index (χ1v) is 8.26. The molecule has 0 amide bonds. The monoisotopic (exact) mass is 330 g/mol. The van der Waals surface area contributed by atoms with Gasteiger partial charge < -0.3 is 18.9 Å². The molecular formula is C17H30O6. The fourth-order valence-electron chi connectivity index (χ4n) is 2.20. The van der Waals surface area contributed by atoms with E-state index in [-0.39, 0.29) is 37.0 Å². The van der Waals surface area contributed by atoms with Crippen LogP contribution in [0.4, 0.5) is 0 Å². The molecule has 0 radical (unpaired) electrons. The van der Waals surface area contributed by atoms with Gasteiger partial charge in [0.1, 0.15) is 6.61 Å². The summed E-state index contributed by atoms with van der Waals surface area (Å²) in [5.41, 5.74) is -0.494. The highest BCUT2D eigenvalue weighted by Crippen LogP contribution is 2.29. The van der Waals surface area contributed by atoms with Crippen LogP contribution in [-0.4, -0.2) is 44.2 Å². The molecule has 6 heteroatoms. The standard InChI is InChI=1S/C17H30O6/c1-7-17(5,6)16(19)21-9-8-20-15-14(23-13(4)18)12(3)11(2)10-22-15/h11-12,14-15H,7-10H2,1-6H3. The van der Waals surface area contributed by atoms with Gasteiger partial charge >= 0.3 is 11.9 Å². The number of esters is 2. The third kappa shape index (κ3) is 5.77. The molecule has 1 aliphatic heterocycles. The Morgan fingerprint density at radius 3 is 2.43 bits per heavy atom. The fraction of sp³-hybridized carbons (Fsp3) is 0.882. The number of hydrogen-bond donors (Lipinski definition) is 0. The second-order valence-electron chi connectivity index (χ2n) is 6.86. The van der Waals surface area contributed by atoms with Crippen LogP contribution < -0.4 is 0 Å². The first-order chi connectivity index (χ1) is 10.7. The zero-order valence-corrected chi connectivity index (χ0v) is 15.1. The van der Waals surface area contributed by atoms with Crippen LogP contribution in [0.15, 0.2) is 0 Å². The van der Waals surface area contributed by atoms with Crippen LogP contribution in [0.25, 0.3) is 0 Å². The van der Waals surface area contributed by atoms with E-state index >= 15 is 0 Å². The SMILES string of the molecule is CCC(C)(C)C(=O)OCCOC1OCC(C)C(C)C1OC(C)=O. The molecule has 0 bridgehead atoms. The van der Waals surface area contributed by atoms with Crippen molar-refractivity contribution in [3.8, 4) is 0 Å². The van der Waals surface area contributed by atoms with Gasteiger partial charge in [0.2, 0.25) is 0 Å². The first-order valence-electron chi connectivity index (χ1n) is 8.26. The van der Waals surface area contributed by atoms with E-state index in [1.807, 2.05) is 34.6 Å². The van der Waals surface area contributed by atoms with Crippen LogP contribution >= 0.6 is 0 Å². The van der Waals surface area contributed by atoms with Gasteiger partial charge in [-0.25, -0.2) is 0 Å². The van der Waals surface area contributed by atoms with Crippen molar-refractivity contribution in [1.82, 2.24) is 0 Å². The molecule has 6 nitrogen and oxygen atoms in total. The highest BCUT2D eigenvalue weighted by Gasteiger charge is 2.39. The Morgan fingerprint density at radius 2 is 1.87 bits per heavy atom. The molecule has 1 aliphatic rings. The summed E-state index contributed by atoms with van der Waals surface area (Å²) in [6, 6.07) is 0. The van der Waals surface area contributed by atoms with Crippen molar-refractivity contribution in [2.24, 2.45) is 17.3 Å². The van der Waals surface area contributed by atoms with Gasteiger partial charge in [0, 0.05) is 12.8 Å². The summed E-state index contributed by atoms with van der Waals surface area (Å²) in [4.78, 5) is 23.1. The topological polar surface area (TPSA) is 71.1 Å². The van der Waals surface area contributed by atoms with Gasteiger partial charge in [-0.1, -0.05) is 20.8 Å². The Balaban J connectivity index is 2.45. The van der Waals surface area contributed by atoms with Crippen LogP contribution in [0.5, 0.6) is 0 Å². The normalized spacial score (nSPS) is 28.3. The van der Waals surface area contributed by atoms with Crippen molar-refractivity contribution in [3.63, 3.8) is 0 Å². The molecule has 1 heterocycles. The van der Waals surface area contributed by atoms with Gasteiger partial charge in [0.05, 0.1) is 18.6 Å². The Hall–Kier alpha value is -1.14. The van der Waals surface area contributed by atoms with E-state index in [1.54, 1.807) is 0 Å². The molecule has 1 rings (SSSR count). The van der Waals surface area contributed by atoms with E-state index in [0.717, 1.165) is 0 Å². The first kappa shape index (κ1) is 19.9. The molecule has 0 aliphatic carbocycles. The van der Waals surface area contributed by atoms with Crippen molar-refractivity contribution in [2.75, 3.05) is 19.8 Å². The van der Waals surface area contributed by atoms with E-state index < -0.39 is 17.8 Å². The van der Waals surface area contributed by atoms with Crippen molar-refractivity contribution >= 4 is 11.9 Å². The second kappa shape index (κ2) is 8.64. The van der Waals surface area contributed by atoms with Gasteiger partial charge in [0.25, 0.3) is 0 Å². The fourth-order valence-corrected chi connectivity index (χ4v) is 2.20. The largest absolute Gasteiger partial charge is 0.463 e. The Bertz CT molecular complexity index is 406. The minimum atomic E-state index is -0.622. The molecular weight excluding hydrogens is 300 g/mol. The average Bonchev–Trinajstić information content (AvgIpc) is 2.49. The van der Waals surface area contributed by atoms with Crippen LogP contribution in [0.1, 0.15) is 48.0 Å². The third-order valence-corrected chi connectivity index (χ3v) is 4.54. The van der Waals surface area contributed by atoms with E-state index in [9.17, 15) is 9.59 Å². The predicted octanol–water partition coefficient (Wildman–Crippen LogP) is 2.54. The van der Waals surface area contributed by atoms with E-state index in [4.69, 9.17) is 18.9 Å². The van der Waals surface area contributed by atoms with Gasteiger partial charge in [-0.3, -0.25) is 9.59 Å². The zero-order chi connectivity index (χ0) is 17.6. The van der Waals surface area contributed by atoms with Gasteiger partial charge in [-0.15, -0.1) is 0 Å². The molecule has 4 atom stereocenters.